The maximum absolute atomic E-state index is 12.3. The van der Waals surface area contributed by atoms with Crippen molar-refractivity contribution in [2.75, 3.05) is 7.11 Å². The monoisotopic (exact) mass is 379 g/mol. The summed E-state index contributed by atoms with van der Waals surface area (Å²) in [4.78, 5) is 16.2. The Morgan fingerprint density at radius 1 is 1.18 bits per heavy atom. The molecule has 7 nitrogen and oxygen atoms in total. The number of ether oxygens (including phenoxy) is 1. The second-order valence-corrected chi connectivity index (χ2v) is 6.70. The van der Waals surface area contributed by atoms with Gasteiger partial charge in [0.2, 0.25) is 0 Å². The van der Waals surface area contributed by atoms with E-state index in [-0.39, 0.29) is 12.1 Å². The molecule has 0 aliphatic carbocycles. The first kappa shape index (κ1) is 19.4. The quantitative estimate of drug-likeness (QED) is 0.661. The summed E-state index contributed by atoms with van der Waals surface area (Å²) in [6, 6.07) is 13.6. The summed E-state index contributed by atoms with van der Waals surface area (Å²) >= 11 is 0. The minimum atomic E-state index is -0.220. The molecule has 2 N–H and O–H groups in total. The first-order chi connectivity index (χ1) is 13.5. The Morgan fingerprint density at radius 3 is 2.61 bits per heavy atom. The van der Waals surface area contributed by atoms with Crippen LogP contribution in [0.3, 0.4) is 0 Å². The summed E-state index contributed by atoms with van der Waals surface area (Å²) in [5.74, 6) is 0.765. The van der Waals surface area contributed by atoms with Gasteiger partial charge in [-0.25, -0.2) is 14.5 Å². The predicted octanol–water partition coefficient (Wildman–Crippen LogP) is 3.20. The van der Waals surface area contributed by atoms with Crippen molar-refractivity contribution in [1.29, 1.82) is 0 Å². The van der Waals surface area contributed by atoms with Crippen molar-refractivity contribution in [3.8, 4) is 5.75 Å². The second kappa shape index (κ2) is 9.03. The van der Waals surface area contributed by atoms with Gasteiger partial charge in [0, 0.05) is 12.1 Å². The highest BCUT2D eigenvalue weighted by atomic mass is 16.5. The lowest BCUT2D eigenvalue weighted by Gasteiger charge is -2.18. The average molecular weight is 379 g/mol. The van der Waals surface area contributed by atoms with Crippen LogP contribution in [0.15, 0.2) is 55.1 Å². The van der Waals surface area contributed by atoms with Gasteiger partial charge >= 0.3 is 6.03 Å². The molecule has 0 saturated carbocycles. The normalized spacial score (nSPS) is 11.7. The smallest absolute Gasteiger partial charge is 0.315 e. The molecular formula is C21H25N5O2. The van der Waals surface area contributed by atoms with Gasteiger partial charge in [0.15, 0.2) is 0 Å². The van der Waals surface area contributed by atoms with Crippen LogP contribution in [0.5, 0.6) is 5.75 Å². The maximum atomic E-state index is 12.3. The van der Waals surface area contributed by atoms with E-state index in [1.54, 1.807) is 18.1 Å². The number of aryl methyl sites for hydroxylation is 1. The fourth-order valence-electron chi connectivity index (χ4n) is 2.96. The molecule has 2 aromatic carbocycles. The molecule has 1 atom stereocenters. The molecule has 0 saturated heterocycles. The Hall–Kier alpha value is -3.35. The number of carbonyl (C=O) groups is 1. The van der Waals surface area contributed by atoms with Crippen molar-refractivity contribution in [1.82, 2.24) is 25.4 Å². The number of rotatable bonds is 7. The van der Waals surface area contributed by atoms with Crippen LogP contribution in [0.4, 0.5) is 4.79 Å². The molecule has 0 aliphatic heterocycles. The minimum absolute atomic E-state index is 0.167. The van der Waals surface area contributed by atoms with E-state index in [0.717, 1.165) is 28.0 Å². The zero-order valence-corrected chi connectivity index (χ0v) is 16.3. The van der Waals surface area contributed by atoms with Crippen LogP contribution in [0.2, 0.25) is 0 Å². The number of carbonyl (C=O) groups excluding carboxylic acids is 1. The third-order valence-electron chi connectivity index (χ3n) is 4.49. The highest BCUT2D eigenvalue weighted by molar-refractivity contribution is 5.74. The first-order valence-corrected chi connectivity index (χ1v) is 9.14. The predicted molar refractivity (Wildman–Crippen MR) is 107 cm³/mol. The van der Waals surface area contributed by atoms with Gasteiger partial charge in [-0.05, 0) is 31.0 Å². The summed E-state index contributed by atoms with van der Waals surface area (Å²) in [6.45, 7) is 5.08. The van der Waals surface area contributed by atoms with Gasteiger partial charge in [0.25, 0.3) is 0 Å². The summed E-state index contributed by atoms with van der Waals surface area (Å²) in [7, 11) is 1.63. The fourth-order valence-corrected chi connectivity index (χ4v) is 2.96. The summed E-state index contributed by atoms with van der Waals surface area (Å²) in [5, 5.41) is 9.95. The van der Waals surface area contributed by atoms with Crippen molar-refractivity contribution >= 4 is 6.03 Å². The molecule has 3 aromatic rings. The third-order valence-corrected chi connectivity index (χ3v) is 4.49. The van der Waals surface area contributed by atoms with Gasteiger partial charge in [-0.2, -0.15) is 5.10 Å². The average Bonchev–Trinajstić information content (AvgIpc) is 3.20. The number of hydrogen-bond donors (Lipinski definition) is 2. The number of aromatic nitrogens is 3. The molecule has 0 bridgehead atoms. The molecule has 0 spiro atoms. The van der Waals surface area contributed by atoms with Crippen LogP contribution in [0.25, 0.3) is 0 Å². The van der Waals surface area contributed by atoms with Crippen LogP contribution in [-0.4, -0.2) is 27.9 Å². The van der Waals surface area contributed by atoms with Crippen LogP contribution in [0, 0.1) is 6.92 Å². The first-order valence-electron chi connectivity index (χ1n) is 9.14. The summed E-state index contributed by atoms with van der Waals surface area (Å²) in [6.07, 6.45) is 3.20. The Bertz CT molecular complexity index is 907. The van der Waals surface area contributed by atoms with Gasteiger partial charge in [-0.3, -0.25) is 0 Å². The van der Waals surface area contributed by atoms with E-state index in [4.69, 9.17) is 4.74 Å². The molecule has 0 aliphatic rings. The highest BCUT2D eigenvalue weighted by Gasteiger charge is 2.14. The van der Waals surface area contributed by atoms with E-state index in [1.807, 2.05) is 56.3 Å². The van der Waals surface area contributed by atoms with Crippen molar-refractivity contribution in [3.63, 3.8) is 0 Å². The Labute approximate surface area is 164 Å². The lowest BCUT2D eigenvalue weighted by atomic mass is 10.0. The van der Waals surface area contributed by atoms with E-state index >= 15 is 0 Å². The fraction of sp³-hybridized carbons (Fsp3) is 0.286. The van der Waals surface area contributed by atoms with Crippen LogP contribution in [0.1, 0.15) is 35.2 Å². The molecule has 2 amide bonds. The number of urea groups is 1. The molecule has 1 unspecified atom stereocenters. The zero-order chi connectivity index (χ0) is 19.9. The molecule has 1 heterocycles. The molecule has 0 radical (unpaired) electrons. The Kier molecular flexibility index (Phi) is 6.26. The van der Waals surface area contributed by atoms with E-state index in [2.05, 4.69) is 20.7 Å². The van der Waals surface area contributed by atoms with Gasteiger partial charge in [0.1, 0.15) is 18.4 Å². The van der Waals surface area contributed by atoms with Gasteiger partial charge in [-0.15, -0.1) is 0 Å². The third kappa shape index (κ3) is 5.09. The van der Waals surface area contributed by atoms with E-state index in [0.29, 0.717) is 13.1 Å². The Balaban J connectivity index is 1.52. The van der Waals surface area contributed by atoms with Gasteiger partial charge in [0.05, 0.1) is 19.7 Å². The number of nitrogens with zero attached hydrogens (tertiary/aromatic N) is 3. The number of benzene rings is 2. The van der Waals surface area contributed by atoms with Gasteiger partial charge in [-0.1, -0.05) is 42.0 Å². The Morgan fingerprint density at radius 2 is 1.93 bits per heavy atom. The maximum Gasteiger partial charge on any atom is 0.315 e. The highest BCUT2D eigenvalue weighted by Crippen LogP contribution is 2.25. The molecule has 0 fully saturated rings. The van der Waals surface area contributed by atoms with Crippen molar-refractivity contribution in [3.05, 3.63) is 77.4 Å². The topological polar surface area (TPSA) is 81.1 Å². The SMILES string of the molecule is COc1ccc(C)cc1C(C)NC(=O)NCc1ccc(Cn2cncn2)cc1. The second-order valence-electron chi connectivity index (χ2n) is 6.70. The lowest BCUT2D eigenvalue weighted by Crippen LogP contribution is -2.36. The summed E-state index contributed by atoms with van der Waals surface area (Å²) in [5.41, 5.74) is 4.23. The largest absolute Gasteiger partial charge is 0.496 e. The van der Waals surface area contributed by atoms with E-state index in [9.17, 15) is 4.79 Å². The van der Waals surface area contributed by atoms with Gasteiger partial charge < -0.3 is 15.4 Å². The molecule has 1 aromatic heterocycles. The van der Waals surface area contributed by atoms with Crippen molar-refractivity contribution < 1.29 is 9.53 Å². The van der Waals surface area contributed by atoms with Crippen molar-refractivity contribution in [2.24, 2.45) is 0 Å². The van der Waals surface area contributed by atoms with E-state index < -0.39 is 0 Å². The number of hydrogen-bond acceptors (Lipinski definition) is 4. The lowest BCUT2D eigenvalue weighted by molar-refractivity contribution is 0.237. The van der Waals surface area contributed by atoms with E-state index in [1.165, 1.54) is 6.33 Å². The van der Waals surface area contributed by atoms with Crippen molar-refractivity contribution in [2.45, 2.75) is 33.0 Å². The van der Waals surface area contributed by atoms with Crippen LogP contribution >= 0.6 is 0 Å². The molecule has 7 heteroatoms. The number of amides is 2. The van der Waals surface area contributed by atoms with Crippen LogP contribution in [-0.2, 0) is 13.1 Å². The molecule has 146 valence electrons. The summed E-state index contributed by atoms with van der Waals surface area (Å²) < 4.78 is 7.16. The standard InChI is InChI=1S/C21H25N5O2/c1-15-4-9-20(28-3)19(10-15)16(2)25-21(27)23-11-17-5-7-18(8-6-17)12-26-14-22-13-24-26/h4-10,13-14,16H,11-12H2,1-3H3,(H2,23,25,27). The van der Waals surface area contributed by atoms with Crippen LogP contribution < -0.4 is 15.4 Å². The number of nitrogens with one attached hydrogen (secondary N) is 2. The molecule has 3 rings (SSSR count). The number of methoxy groups -OCH3 is 1. The zero-order valence-electron chi connectivity index (χ0n) is 16.3. The molecule has 28 heavy (non-hydrogen) atoms. The molecular weight excluding hydrogens is 354 g/mol. The minimum Gasteiger partial charge on any atom is -0.496 e.